The van der Waals surface area contributed by atoms with Crippen molar-refractivity contribution in [2.45, 2.75) is 53.4 Å². The van der Waals surface area contributed by atoms with Gasteiger partial charge in [-0.3, -0.25) is 0 Å². The predicted molar refractivity (Wildman–Crippen MR) is 88.4 cm³/mol. The molecule has 1 aromatic rings. The SMILES string of the molecule is CCC(C)=CCCC(C)=CCOc1ccc(CC)cc1. The molecule has 0 amide bonds. The summed E-state index contributed by atoms with van der Waals surface area (Å²) in [6, 6.07) is 8.36. The summed E-state index contributed by atoms with van der Waals surface area (Å²) >= 11 is 0. The fraction of sp³-hybridized carbons (Fsp3) is 0.474. The molecule has 0 fully saturated rings. The van der Waals surface area contributed by atoms with Crippen LogP contribution in [0.1, 0.15) is 52.5 Å². The van der Waals surface area contributed by atoms with Crippen molar-refractivity contribution in [1.82, 2.24) is 0 Å². The van der Waals surface area contributed by atoms with Gasteiger partial charge in [-0.2, -0.15) is 0 Å². The lowest BCUT2D eigenvalue weighted by Crippen LogP contribution is -1.95. The van der Waals surface area contributed by atoms with Gasteiger partial charge in [-0.15, -0.1) is 0 Å². The second kappa shape index (κ2) is 9.41. The maximum Gasteiger partial charge on any atom is 0.119 e. The zero-order valence-electron chi connectivity index (χ0n) is 13.4. The quantitative estimate of drug-likeness (QED) is 0.551. The standard InChI is InChI=1S/C19H28O/c1-5-16(3)8-7-9-17(4)14-15-20-19-12-10-18(6-2)11-13-19/h8,10-14H,5-7,9,15H2,1-4H3. The molecular formula is C19H28O. The Kier molecular flexibility index (Phi) is 7.79. The molecule has 0 saturated carbocycles. The largest absolute Gasteiger partial charge is 0.490 e. The first kappa shape index (κ1) is 16.6. The summed E-state index contributed by atoms with van der Waals surface area (Å²) in [6.07, 6.45) is 9.00. The minimum absolute atomic E-state index is 0.660. The molecule has 1 nitrogen and oxygen atoms in total. The number of allylic oxidation sites excluding steroid dienone is 3. The zero-order chi connectivity index (χ0) is 14.8. The van der Waals surface area contributed by atoms with Crippen molar-refractivity contribution in [2.24, 2.45) is 0 Å². The van der Waals surface area contributed by atoms with Gasteiger partial charge in [0.25, 0.3) is 0 Å². The Balaban J connectivity index is 2.32. The van der Waals surface area contributed by atoms with E-state index >= 15 is 0 Å². The third-order valence-electron chi connectivity index (χ3n) is 3.60. The van der Waals surface area contributed by atoms with Crippen molar-refractivity contribution in [1.29, 1.82) is 0 Å². The highest BCUT2D eigenvalue weighted by atomic mass is 16.5. The molecule has 20 heavy (non-hydrogen) atoms. The molecule has 0 aliphatic rings. The van der Waals surface area contributed by atoms with Gasteiger partial charge in [0.2, 0.25) is 0 Å². The van der Waals surface area contributed by atoms with E-state index in [9.17, 15) is 0 Å². The van der Waals surface area contributed by atoms with Gasteiger partial charge in [0.05, 0.1) is 0 Å². The van der Waals surface area contributed by atoms with Gasteiger partial charge in [-0.05, 0) is 63.3 Å². The summed E-state index contributed by atoms with van der Waals surface area (Å²) < 4.78 is 5.73. The van der Waals surface area contributed by atoms with Crippen LogP contribution in [0.2, 0.25) is 0 Å². The van der Waals surface area contributed by atoms with Gasteiger partial charge in [-0.25, -0.2) is 0 Å². The van der Waals surface area contributed by atoms with Gasteiger partial charge in [0.15, 0.2) is 0 Å². The van der Waals surface area contributed by atoms with Crippen LogP contribution in [0.5, 0.6) is 5.75 Å². The van der Waals surface area contributed by atoms with Crippen LogP contribution >= 0.6 is 0 Å². The smallest absolute Gasteiger partial charge is 0.119 e. The third kappa shape index (κ3) is 6.60. The monoisotopic (exact) mass is 272 g/mol. The first-order valence-electron chi connectivity index (χ1n) is 7.68. The molecular weight excluding hydrogens is 244 g/mol. The van der Waals surface area contributed by atoms with Gasteiger partial charge in [-0.1, -0.05) is 43.2 Å². The summed E-state index contributed by atoms with van der Waals surface area (Å²) in [5.74, 6) is 0.952. The number of aryl methyl sites for hydroxylation is 1. The zero-order valence-corrected chi connectivity index (χ0v) is 13.4. The fourth-order valence-electron chi connectivity index (χ4n) is 1.89. The van der Waals surface area contributed by atoms with Gasteiger partial charge < -0.3 is 4.74 Å². The van der Waals surface area contributed by atoms with Crippen LogP contribution in [-0.2, 0) is 6.42 Å². The Morgan fingerprint density at radius 2 is 1.70 bits per heavy atom. The first-order valence-corrected chi connectivity index (χ1v) is 7.68. The molecule has 0 aromatic heterocycles. The lowest BCUT2D eigenvalue weighted by atomic mass is 10.1. The maximum absolute atomic E-state index is 5.73. The highest BCUT2D eigenvalue weighted by Gasteiger charge is 1.94. The Morgan fingerprint density at radius 1 is 1.00 bits per heavy atom. The highest BCUT2D eigenvalue weighted by Crippen LogP contribution is 2.13. The Labute approximate surface area is 124 Å². The number of hydrogen-bond donors (Lipinski definition) is 0. The number of benzene rings is 1. The Morgan fingerprint density at radius 3 is 2.30 bits per heavy atom. The Bertz CT molecular complexity index is 437. The lowest BCUT2D eigenvalue weighted by molar-refractivity contribution is 0.361. The highest BCUT2D eigenvalue weighted by molar-refractivity contribution is 5.27. The molecule has 0 aliphatic heterocycles. The molecule has 1 rings (SSSR count). The summed E-state index contributed by atoms with van der Waals surface area (Å²) in [4.78, 5) is 0. The molecule has 1 aromatic carbocycles. The van der Waals surface area contributed by atoms with E-state index in [0.717, 1.165) is 31.4 Å². The van der Waals surface area contributed by atoms with E-state index in [1.807, 2.05) is 0 Å². The maximum atomic E-state index is 5.73. The van der Waals surface area contributed by atoms with Crippen molar-refractivity contribution >= 4 is 0 Å². The van der Waals surface area contributed by atoms with Crippen molar-refractivity contribution in [3.8, 4) is 5.75 Å². The molecule has 0 radical (unpaired) electrons. The van der Waals surface area contributed by atoms with Gasteiger partial charge in [0.1, 0.15) is 12.4 Å². The van der Waals surface area contributed by atoms with Crippen LogP contribution < -0.4 is 4.74 Å². The third-order valence-corrected chi connectivity index (χ3v) is 3.60. The van der Waals surface area contributed by atoms with E-state index in [-0.39, 0.29) is 0 Å². The number of ether oxygens (including phenoxy) is 1. The van der Waals surface area contributed by atoms with E-state index < -0.39 is 0 Å². The van der Waals surface area contributed by atoms with Crippen LogP contribution in [0, 0.1) is 0 Å². The average Bonchev–Trinajstić information content (AvgIpc) is 2.47. The summed E-state index contributed by atoms with van der Waals surface area (Å²) in [6.45, 7) is 9.40. The van der Waals surface area contributed by atoms with E-state index in [1.54, 1.807) is 0 Å². The van der Waals surface area contributed by atoms with Crippen molar-refractivity contribution in [2.75, 3.05) is 6.61 Å². The van der Waals surface area contributed by atoms with Gasteiger partial charge >= 0.3 is 0 Å². The Hall–Kier alpha value is -1.50. The van der Waals surface area contributed by atoms with Crippen LogP contribution in [0.25, 0.3) is 0 Å². The molecule has 0 heterocycles. The fourth-order valence-corrected chi connectivity index (χ4v) is 1.89. The van der Waals surface area contributed by atoms with Crippen LogP contribution in [0.4, 0.5) is 0 Å². The molecule has 0 bridgehead atoms. The van der Waals surface area contributed by atoms with Gasteiger partial charge in [0, 0.05) is 0 Å². The van der Waals surface area contributed by atoms with Crippen molar-refractivity contribution < 1.29 is 4.74 Å². The normalized spacial score (nSPS) is 12.6. The minimum atomic E-state index is 0.660. The molecule has 0 unspecified atom stereocenters. The molecule has 0 aliphatic carbocycles. The van der Waals surface area contributed by atoms with Crippen LogP contribution in [-0.4, -0.2) is 6.61 Å². The molecule has 0 saturated heterocycles. The molecule has 0 N–H and O–H groups in total. The van der Waals surface area contributed by atoms with E-state index in [1.165, 1.54) is 16.7 Å². The first-order chi connectivity index (χ1) is 9.65. The topological polar surface area (TPSA) is 9.23 Å². The number of rotatable bonds is 8. The van der Waals surface area contributed by atoms with E-state index in [0.29, 0.717) is 6.61 Å². The van der Waals surface area contributed by atoms with Crippen molar-refractivity contribution in [3.05, 3.63) is 53.1 Å². The predicted octanol–water partition coefficient (Wildman–Crippen LogP) is 5.71. The number of hydrogen-bond acceptors (Lipinski definition) is 1. The van der Waals surface area contributed by atoms with Crippen molar-refractivity contribution in [3.63, 3.8) is 0 Å². The average molecular weight is 272 g/mol. The summed E-state index contributed by atoms with van der Waals surface area (Å²) in [5.41, 5.74) is 4.22. The molecule has 0 atom stereocenters. The molecule has 110 valence electrons. The lowest BCUT2D eigenvalue weighted by Gasteiger charge is -2.05. The minimum Gasteiger partial charge on any atom is -0.490 e. The van der Waals surface area contributed by atoms with Crippen LogP contribution in [0.15, 0.2) is 47.6 Å². The second-order valence-corrected chi connectivity index (χ2v) is 5.30. The van der Waals surface area contributed by atoms with E-state index in [4.69, 9.17) is 4.74 Å². The van der Waals surface area contributed by atoms with E-state index in [2.05, 4.69) is 64.1 Å². The summed E-state index contributed by atoms with van der Waals surface area (Å²) in [5, 5.41) is 0. The molecule has 1 heteroatoms. The second-order valence-electron chi connectivity index (χ2n) is 5.30. The van der Waals surface area contributed by atoms with Crippen LogP contribution in [0.3, 0.4) is 0 Å². The summed E-state index contributed by atoms with van der Waals surface area (Å²) in [7, 11) is 0. The molecule has 0 spiro atoms.